The molecular formula is C16H12BrClS. The molecule has 0 amide bonds. The van der Waals surface area contributed by atoms with Crippen molar-refractivity contribution in [3.63, 3.8) is 0 Å². The maximum Gasteiger partial charge on any atom is 0.0849 e. The lowest BCUT2D eigenvalue weighted by Gasteiger charge is -2.11. The first-order valence-corrected chi connectivity index (χ1v) is 8.14. The first-order chi connectivity index (χ1) is 9.16. The fourth-order valence-corrected chi connectivity index (χ4v) is 3.92. The maximum atomic E-state index is 6.66. The fourth-order valence-electron chi connectivity index (χ4n) is 2.14. The van der Waals surface area contributed by atoms with E-state index in [1.165, 1.54) is 21.2 Å². The standard InChI is InChI=1S/C16H12BrClS/c1-10-6-7-11(8-14(10)17)16(18)13-9-19-15-5-3-2-4-12(13)15/h2-9,16H,1H3. The highest BCUT2D eigenvalue weighted by atomic mass is 79.9. The lowest BCUT2D eigenvalue weighted by atomic mass is 10.0. The number of aryl methyl sites for hydroxylation is 1. The lowest BCUT2D eigenvalue weighted by Crippen LogP contribution is -1.92. The number of alkyl halides is 1. The second-order valence-corrected chi connectivity index (χ2v) is 6.76. The van der Waals surface area contributed by atoms with Crippen molar-refractivity contribution < 1.29 is 0 Å². The van der Waals surface area contributed by atoms with Gasteiger partial charge in [-0.1, -0.05) is 46.3 Å². The fraction of sp³-hybridized carbons (Fsp3) is 0.125. The predicted molar refractivity (Wildman–Crippen MR) is 88.4 cm³/mol. The normalized spacial score (nSPS) is 12.8. The van der Waals surface area contributed by atoms with Gasteiger partial charge in [-0.25, -0.2) is 0 Å². The molecule has 0 aliphatic carbocycles. The largest absolute Gasteiger partial charge is 0.143 e. The Kier molecular flexibility index (Phi) is 3.66. The molecule has 0 nitrogen and oxygen atoms in total. The molecule has 1 unspecified atom stereocenters. The molecule has 0 saturated heterocycles. The molecule has 96 valence electrons. The predicted octanol–water partition coefficient (Wildman–Crippen LogP) is 6.30. The van der Waals surface area contributed by atoms with Crippen LogP contribution in [0.2, 0.25) is 0 Å². The lowest BCUT2D eigenvalue weighted by molar-refractivity contribution is 1.16. The Balaban J connectivity index is 2.08. The van der Waals surface area contributed by atoms with Gasteiger partial charge in [-0.2, -0.15) is 0 Å². The SMILES string of the molecule is Cc1ccc(C(Cl)c2csc3ccccc23)cc1Br. The van der Waals surface area contributed by atoms with E-state index in [0.29, 0.717) is 0 Å². The third kappa shape index (κ3) is 2.45. The van der Waals surface area contributed by atoms with Crippen LogP contribution in [0.25, 0.3) is 10.1 Å². The molecule has 3 rings (SSSR count). The molecule has 1 atom stereocenters. The maximum absolute atomic E-state index is 6.66. The molecule has 0 fully saturated rings. The van der Waals surface area contributed by atoms with E-state index in [0.717, 1.165) is 10.0 Å². The van der Waals surface area contributed by atoms with Crippen molar-refractivity contribution in [2.45, 2.75) is 12.3 Å². The van der Waals surface area contributed by atoms with Crippen LogP contribution in [0.4, 0.5) is 0 Å². The zero-order chi connectivity index (χ0) is 13.4. The van der Waals surface area contributed by atoms with E-state index in [1.54, 1.807) is 11.3 Å². The van der Waals surface area contributed by atoms with Crippen LogP contribution in [0.1, 0.15) is 22.1 Å². The zero-order valence-corrected chi connectivity index (χ0v) is 13.5. The van der Waals surface area contributed by atoms with E-state index >= 15 is 0 Å². The Labute approximate surface area is 130 Å². The number of thiophene rings is 1. The molecule has 0 aliphatic rings. The highest BCUT2D eigenvalue weighted by Crippen LogP contribution is 2.38. The van der Waals surface area contributed by atoms with Crippen molar-refractivity contribution in [2.24, 2.45) is 0 Å². The van der Waals surface area contributed by atoms with Gasteiger partial charge in [0.15, 0.2) is 0 Å². The molecule has 3 heteroatoms. The Morgan fingerprint density at radius 1 is 1.16 bits per heavy atom. The summed E-state index contributed by atoms with van der Waals surface area (Å²) < 4.78 is 2.39. The van der Waals surface area contributed by atoms with Crippen LogP contribution in [0.5, 0.6) is 0 Å². The summed E-state index contributed by atoms with van der Waals surface area (Å²) in [6, 6.07) is 14.7. The van der Waals surface area contributed by atoms with Crippen molar-refractivity contribution in [1.29, 1.82) is 0 Å². The third-order valence-corrected chi connectivity index (χ3v) is 5.60. The molecule has 0 saturated carbocycles. The highest BCUT2D eigenvalue weighted by molar-refractivity contribution is 9.10. The van der Waals surface area contributed by atoms with E-state index in [1.807, 2.05) is 0 Å². The first-order valence-electron chi connectivity index (χ1n) is 6.03. The molecule has 0 spiro atoms. The smallest absolute Gasteiger partial charge is 0.0849 e. The molecule has 1 heterocycles. The summed E-state index contributed by atoms with van der Waals surface area (Å²) in [5.41, 5.74) is 3.54. The van der Waals surface area contributed by atoms with Gasteiger partial charge in [0.05, 0.1) is 5.38 Å². The van der Waals surface area contributed by atoms with Crippen LogP contribution in [0.3, 0.4) is 0 Å². The summed E-state index contributed by atoms with van der Waals surface area (Å²) in [4.78, 5) is 0. The van der Waals surface area contributed by atoms with Gasteiger partial charge in [0.2, 0.25) is 0 Å². The van der Waals surface area contributed by atoms with Gasteiger partial charge in [-0.3, -0.25) is 0 Å². The molecule has 2 aromatic carbocycles. The van der Waals surface area contributed by atoms with Gasteiger partial charge in [0.1, 0.15) is 0 Å². The van der Waals surface area contributed by atoms with E-state index in [4.69, 9.17) is 11.6 Å². The summed E-state index contributed by atoms with van der Waals surface area (Å²) in [6.45, 7) is 2.08. The Morgan fingerprint density at radius 2 is 1.95 bits per heavy atom. The minimum absolute atomic E-state index is 0.104. The molecule has 19 heavy (non-hydrogen) atoms. The second-order valence-electron chi connectivity index (χ2n) is 4.56. The van der Waals surface area contributed by atoms with E-state index in [-0.39, 0.29) is 5.38 Å². The minimum atomic E-state index is -0.104. The van der Waals surface area contributed by atoms with Gasteiger partial charge in [0.25, 0.3) is 0 Å². The minimum Gasteiger partial charge on any atom is -0.143 e. The summed E-state index contributed by atoms with van der Waals surface area (Å²) in [7, 11) is 0. The van der Waals surface area contributed by atoms with Crippen LogP contribution < -0.4 is 0 Å². The Bertz CT molecular complexity index is 732. The Morgan fingerprint density at radius 3 is 2.74 bits per heavy atom. The zero-order valence-electron chi connectivity index (χ0n) is 10.4. The number of rotatable bonds is 2. The van der Waals surface area contributed by atoms with Crippen LogP contribution in [0.15, 0.2) is 52.3 Å². The molecule has 0 aliphatic heterocycles. The van der Waals surface area contributed by atoms with Gasteiger partial charge in [-0.15, -0.1) is 22.9 Å². The quantitative estimate of drug-likeness (QED) is 0.475. The van der Waals surface area contributed by atoms with Crippen LogP contribution in [-0.4, -0.2) is 0 Å². The number of fused-ring (bicyclic) bond motifs is 1. The van der Waals surface area contributed by atoms with Crippen molar-refractivity contribution in [3.8, 4) is 0 Å². The van der Waals surface area contributed by atoms with Crippen molar-refractivity contribution in [3.05, 3.63) is 69.0 Å². The van der Waals surface area contributed by atoms with Crippen molar-refractivity contribution >= 4 is 49.0 Å². The molecule has 0 radical (unpaired) electrons. The molecular weight excluding hydrogens is 340 g/mol. The monoisotopic (exact) mass is 350 g/mol. The number of halogens is 2. The van der Waals surface area contributed by atoms with Crippen molar-refractivity contribution in [1.82, 2.24) is 0 Å². The highest BCUT2D eigenvalue weighted by Gasteiger charge is 2.15. The van der Waals surface area contributed by atoms with Gasteiger partial charge in [-0.05, 0) is 46.5 Å². The summed E-state index contributed by atoms with van der Waals surface area (Å²) in [5, 5.41) is 3.31. The molecule has 0 N–H and O–H groups in total. The van der Waals surface area contributed by atoms with E-state index < -0.39 is 0 Å². The number of hydrogen-bond acceptors (Lipinski definition) is 1. The molecule has 0 bridgehead atoms. The summed E-state index contributed by atoms with van der Waals surface area (Å²) in [5.74, 6) is 0. The Hall–Kier alpha value is -0.830. The average molecular weight is 352 g/mol. The van der Waals surface area contributed by atoms with Gasteiger partial charge in [0, 0.05) is 9.17 Å². The summed E-state index contributed by atoms with van der Waals surface area (Å²) >= 11 is 12.0. The van der Waals surface area contributed by atoms with Crippen LogP contribution in [-0.2, 0) is 0 Å². The third-order valence-electron chi connectivity index (χ3n) is 3.27. The van der Waals surface area contributed by atoms with Gasteiger partial charge < -0.3 is 0 Å². The average Bonchev–Trinajstić information content (AvgIpc) is 2.85. The van der Waals surface area contributed by atoms with Crippen LogP contribution in [0, 0.1) is 6.92 Å². The number of hydrogen-bond donors (Lipinski definition) is 0. The summed E-state index contributed by atoms with van der Waals surface area (Å²) in [6.07, 6.45) is 0. The second kappa shape index (κ2) is 5.28. The van der Waals surface area contributed by atoms with Crippen molar-refractivity contribution in [2.75, 3.05) is 0 Å². The van der Waals surface area contributed by atoms with Crippen LogP contribution >= 0.6 is 38.9 Å². The number of benzene rings is 2. The van der Waals surface area contributed by atoms with E-state index in [9.17, 15) is 0 Å². The molecule has 1 aromatic heterocycles. The molecule has 3 aromatic rings. The van der Waals surface area contributed by atoms with E-state index in [2.05, 4.69) is 70.7 Å². The topological polar surface area (TPSA) is 0 Å². The first kappa shape index (κ1) is 13.2. The van der Waals surface area contributed by atoms with Gasteiger partial charge >= 0.3 is 0 Å².